The van der Waals surface area contributed by atoms with Crippen molar-refractivity contribution in [1.29, 1.82) is 0 Å². The average molecular weight is 336 g/mol. The summed E-state index contributed by atoms with van der Waals surface area (Å²) in [5, 5.41) is 1.32. The first-order valence-corrected chi connectivity index (χ1v) is 8.11. The molecule has 1 aromatic heterocycles. The van der Waals surface area contributed by atoms with Crippen LogP contribution in [0, 0.1) is 6.92 Å². The van der Waals surface area contributed by atoms with Crippen molar-refractivity contribution in [2.75, 3.05) is 20.2 Å². The van der Waals surface area contributed by atoms with Crippen LogP contribution in [0.2, 0.25) is 0 Å². The van der Waals surface area contributed by atoms with Crippen molar-refractivity contribution in [2.45, 2.75) is 6.92 Å². The average Bonchev–Trinajstić information content (AvgIpc) is 2.62. The highest BCUT2D eigenvalue weighted by Gasteiger charge is 2.14. The van der Waals surface area contributed by atoms with Gasteiger partial charge in [-0.05, 0) is 36.6 Å². The molecule has 0 aliphatic rings. The summed E-state index contributed by atoms with van der Waals surface area (Å²) in [5.74, 6) is 0.529. The molecule has 0 aliphatic carbocycles. The molecule has 0 spiro atoms. The number of aromatic nitrogens is 1. The number of amides is 1. The number of hydrogen-bond acceptors (Lipinski definition) is 3. The summed E-state index contributed by atoms with van der Waals surface area (Å²) in [6, 6.07) is 16.7. The first-order valence-electron chi connectivity index (χ1n) is 8.11. The van der Waals surface area contributed by atoms with E-state index >= 15 is 0 Å². The number of aryl methyl sites for hydroxylation is 1. The number of aromatic amines is 1. The summed E-state index contributed by atoms with van der Waals surface area (Å²) in [6.45, 7) is 2.81. The zero-order valence-electron chi connectivity index (χ0n) is 14.3. The molecule has 0 aliphatic heterocycles. The van der Waals surface area contributed by atoms with E-state index in [0.717, 1.165) is 11.1 Å². The van der Waals surface area contributed by atoms with Crippen LogP contribution in [0.25, 0.3) is 10.8 Å². The SMILES string of the molecule is Cc1ccc(OCCN(C)C(=O)c2cc3ccccc3c(=O)[nH]2)cc1. The fourth-order valence-electron chi connectivity index (χ4n) is 2.57. The quantitative estimate of drug-likeness (QED) is 0.779. The topological polar surface area (TPSA) is 62.4 Å². The van der Waals surface area contributed by atoms with Gasteiger partial charge < -0.3 is 14.6 Å². The minimum absolute atomic E-state index is 0.240. The molecule has 3 aromatic rings. The Morgan fingerprint density at radius 1 is 1.12 bits per heavy atom. The second-order valence-corrected chi connectivity index (χ2v) is 5.99. The van der Waals surface area contributed by atoms with Crippen molar-refractivity contribution in [2.24, 2.45) is 0 Å². The molecule has 0 bridgehead atoms. The van der Waals surface area contributed by atoms with Crippen LogP contribution >= 0.6 is 0 Å². The van der Waals surface area contributed by atoms with Crippen molar-refractivity contribution in [3.05, 3.63) is 76.2 Å². The van der Waals surface area contributed by atoms with Gasteiger partial charge in [0.1, 0.15) is 18.1 Å². The maximum atomic E-state index is 12.5. The van der Waals surface area contributed by atoms with Crippen molar-refractivity contribution in [1.82, 2.24) is 9.88 Å². The van der Waals surface area contributed by atoms with E-state index in [1.165, 1.54) is 10.5 Å². The van der Waals surface area contributed by atoms with Gasteiger partial charge in [0.2, 0.25) is 0 Å². The number of nitrogens with zero attached hydrogens (tertiary/aromatic N) is 1. The Morgan fingerprint density at radius 3 is 2.60 bits per heavy atom. The largest absolute Gasteiger partial charge is 0.492 e. The predicted octanol–water partition coefficient (Wildman–Crippen LogP) is 2.99. The Kier molecular flexibility index (Phi) is 4.84. The Balaban J connectivity index is 1.66. The van der Waals surface area contributed by atoms with E-state index in [0.29, 0.717) is 18.5 Å². The third-order valence-corrected chi connectivity index (χ3v) is 4.05. The van der Waals surface area contributed by atoms with E-state index in [1.54, 1.807) is 25.2 Å². The van der Waals surface area contributed by atoms with Gasteiger partial charge >= 0.3 is 0 Å². The van der Waals surface area contributed by atoms with Crippen LogP contribution in [-0.2, 0) is 0 Å². The third-order valence-electron chi connectivity index (χ3n) is 4.05. The molecule has 0 radical (unpaired) electrons. The maximum absolute atomic E-state index is 12.5. The number of benzene rings is 2. The van der Waals surface area contributed by atoms with Gasteiger partial charge in [-0.3, -0.25) is 9.59 Å². The molecular formula is C20H20N2O3. The van der Waals surface area contributed by atoms with Gasteiger partial charge in [0, 0.05) is 12.4 Å². The highest BCUT2D eigenvalue weighted by Crippen LogP contribution is 2.12. The molecular weight excluding hydrogens is 316 g/mol. The van der Waals surface area contributed by atoms with Gasteiger partial charge in [-0.15, -0.1) is 0 Å². The number of carbonyl (C=O) groups excluding carboxylic acids is 1. The van der Waals surface area contributed by atoms with Crippen molar-refractivity contribution >= 4 is 16.7 Å². The minimum Gasteiger partial charge on any atom is -0.492 e. The highest BCUT2D eigenvalue weighted by molar-refractivity contribution is 5.96. The fourth-order valence-corrected chi connectivity index (χ4v) is 2.57. The number of rotatable bonds is 5. The van der Waals surface area contributed by atoms with Crippen LogP contribution in [0.15, 0.2) is 59.4 Å². The molecule has 128 valence electrons. The van der Waals surface area contributed by atoms with E-state index in [9.17, 15) is 9.59 Å². The second-order valence-electron chi connectivity index (χ2n) is 5.99. The van der Waals surface area contributed by atoms with Crippen LogP contribution < -0.4 is 10.3 Å². The number of carbonyl (C=O) groups is 1. The fraction of sp³-hybridized carbons (Fsp3) is 0.200. The number of hydrogen-bond donors (Lipinski definition) is 1. The van der Waals surface area contributed by atoms with Crippen LogP contribution in [0.1, 0.15) is 16.1 Å². The lowest BCUT2D eigenvalue weighted by Gasteiger charge is -2.17. The number of H-pyrrole nitrogens is 1. The molecule has 0 saturated heterocycles. The molecule has 25 heavy (non-hydrogen) atoms. The van der Waals surface area contributed by atoms with Gasteiger partial charge in [-0.2, -0.15) is 0 Å². The van der Waals surface area contributed by atoms with Crippen molar-refractivity contribution in [3.8, 4) is 5.75 Å². The standard InChI is InChI=1S/C20H20N2O3/c1-14-7-9-16(10-8-14)25-12-11-22(2)20(24)18-13-15-5-3-4-6-17(15)19(23)21-18/h3-10,13H,11-12H2,1-2H3,(H,21,23). The number of nitrogens with one attached hydrogen (secondary N) is 1. The zero-order valence-corrected chi connectivity index (χ0v) is 14.3. The lowest BCUT2D eigenvalue weighted by molar-refractivity contribution is 0.0768. The van der Waals surface area contributed by atoms with Crippen molar-refractivity contribution in [3.63, 3.8) is 0 Å². The van der Waals surface area contributed by atoms with Crippen LogP contribution in [0.3, 0.4) is 0 Å². The number of likely N-dealkylation sites (N-methyl/N-ethyl adjacent to an activating group) is 1. The lowest BCUT2D eigenvalue weighted by Crippen LogP contribution is -2.32. The van der Waals surface area contributed by atoms with E-state index in [1.807, 2.05) is 43.3 Å². The molecule has 2 aromatic carbocycles. The zero-order chi connectivity index (χ0) is 17.8. The smallest absolute Gasteiger partial charge is 0.270 e. The first kappa shape index (κ1) is 16.8. The van der Waals surface area contributed by atoms with E-state index in [2.05, 4.69) is 4.98 Å². The van der Waals surface area contributed by atoms with E-state index in [-0.39, 0.29) is 17.2 Å². The summed E-state index contributed by atoms with van der Waals surface area (Å²) >= 11 is 0. The summed E-state index contributed by atoms with van der Waals surface area (Å²) in [6.07, 6.45) is 0. The molecule has 0 fully saturated rings. The molecule has 0 atom stereocenters. The van der Waals surface area contributed by atoms with Crippen LogP contribution in [0.5, 0.6) is 5.75 Å². The molecule has 0 unspecified atom stereocenters. The molecule has 0 saturated carbocycles. The summed E-state index contributed by atoms with van der Waals surface area (Å²) in [5.41, 5.74) is 1.19. The van der Waals surface area contributed by atoms with E-state index in [4.69, 9.17) is 4.74 Å². The summed E-state index contributed by atoms with van der Waals surface area (Å²) in [7, 11) is 1.69. The molecule has 1 amide bonds. The van der Waals surface area contributed by atoms with Gasteiger partial charge in [0.25, 0.3) is 11.5 Å². The molecule has 3 rings (SSSR count). The molecule has 1 heterocycles. The Bertz CT molecular complexity index is 945. The maximum Gasteiger partial charge on any atom is 0.270 e. The number of pyridine rings is 1. The third kappa shape index (κ3) is 3.88. The van der Waals surface area contributed by atoms with Gasteiger partial charge in [-0.25, -0.2) is 0 Å². The number of ether oxygens (including phenoxy) is 1. The van der Waals surface area contributed by atoms with E-state index < -0.39 is 0 Å². The van der Waals surface area contributed by atoms with Gasteiger partial charge in [0.05, 0.1) is 6.54 Å². The second kappa shape index (κ2) is 7.21. The Labute approximate surface area is 145 Å². The predicted molar refractivity (Wildman–Crippen MR) is 98.2 cm³/mol. The van der Waals surface area contributed by atoms with Gasteiger partial charge in [0.15, 0.2) is 0 Å². The summed E-state index contributed by atoms with van der Waals surface area (Å²) in [4.78, 5) is 28.8. The normalized spacial score (nSPS) is 10.6. The van der Waals surface area contributed by atoms with Crippen LogP contribution in [0.4, 0.5) is 0 Å². The van der Waals surface area contributed by atoms with Crippen molar-refractivity contribution < 1.29 is 9.53 Å². The first-order chi connectivity index (χ1) is 12.0. The Hall–Kier alpha value is -3.08. The molecule has 5 heteroatoms. The highest BCUT2D eigenvalue weighted by atomic mass is 16.5. The lowest BCUT2D eigenvalue weighted by atomic mass is 10.1. The van der Waals surface area contributed by atoms with Gasteiger partial charge in [-0.1, -0.05) is 35.9 Å². The van der Waals surface area contributed by atoms with Crippen LogP contribution in [-0.4, -0.2) is 36.0 Å². The minimum atomic E-state index is -0.259. The Morgan fingerprint density at radius 2 is 1.84 bits per heavy atom. The molecule has 5 nitrogen and oxygen atoms in total. The monoisotopic (exact) mass is 336 g/mol. The summed E-state index contributed by atoms with van der Waals surface area (Å²) < 4.78 is 5.65. The number of fused-ring (bicyclic) bond motifs is 1. The molecule has 1 N–H and O–H groups in total.